The highest BCUT2D eigenvalue weighted by Gasteiger charge is 2.17. The van der Waals surface area contributed by atoms with Crippen LogP contribution in [-0.4, -0.2) is 20.4 Å². The lowest BCUT2D eigenvalue weighted by Crippen LogP contribution is -2.34. The number of para-hydroxylation sites is 1. The van der Waals surface area contributed by atoms with E-state index in [4.69, 9.17) is 0 Å². The van der Waals surface area contributed by atoms with Gasteiger partial charge < -0.3 is 0 Å². The number of anilines is 1. The highest BCUT2D eigenvalue weighted by molar-refractivity contribution is 7.17. The molecule has 0 aliphatic rings. The Hall–Kier alpha value is -3.52. The summed E-state index contributed by atoms with van der Waals surface area (Å²) in [7, 11) is 0. The maximum Gasteiger partial charge on any atom is 0.281 e. The lowest BCUT2D eigenvalue weighted by Gasteiger charge is -2.13. The van der Waals surface area contributed by atoms with Crippen molar-refractivity contribution >= 4 is 34.1 Å². The summed E-state index contributed by atoms with van der Waals surface area (Å²) in [5.74, 6) is -0.0337. The Balaban J connectivity index is 1.57. The molecule has 0 atom stereocenters. The molecule has 158 valence electrons. The molecule has 0 radical (unpaired) electrons. The number of hydrazine groups is 1. The molecule has 4 aromatic rings. The van der Waals surface area contributed by atoms with E-state index in [1.165, 1.54) is 21.5 Å². The topological polar surface area (TPSA) is 88.9 Å². The van der Waals surface area contributed by atoms with E-state index in [1.807, 2.05) is 32.0 Å². The number of amides is 1. The molecular weight excluding hydrogens is 410 g/mol. The molecule has 8 heteroatoms. The molecule has 0 bridgehead atoms. The minimum atomic E-state index is -0.323. The molecule has 0 aliphatic heterocycles. The van der Waals surface area contributed by atoms with Crippen LogP contribution in [0.25, 0.3) is 21.5 Å². The predicted molar refractivity (Wildman–Crippen MR) is 124 cm³/mol. The Kier molecular flexibility index (Phi) is 5.81. The second-order valence-corrected chi connectivity index (χ2v) is 8.06. The van der Waals surface area contributed by atoms with Gasteiger partial charge >= 0.3 is 0 Å². The number of nitrogens with zero attached hydrogens (tertiary/aromatic N) is 3. The van der Waals surface area contributed by atoms with Crippen LogP contribution in [0, 0.1) is 6.92 Å². The highest BCUT2D eigenvalue weighted by atomic mass is 32.1. The van der Waals surface area contributed by atoms with Crippen molar-refractivity contribution in [1.29, 1.82) is 0 Å². The van der Waals surface area contributed by atoms with E-state index in [9.17, 15) is 9.59 Å². The summed E-state index contributed by atoms with van der Waals surface area (Å²) < 4.78 is 1.49. The van der Waals surface area contributed by atoms with E-state index >= 15 is 0 Å². The van der Waals surface area contributed by atoms with Gasteiger partial charge in [0.1, 0.15) is 9.88 Å². The molecule has 7 nitrogen and oxygen atoms in total. The summed E-state index contributed by atoms with van der Waals surface area (Å²) in [6.45, 7) is 6.20. The molecular formula is C23H23N5O2S. The van der Waals surface area contributed by atoms with Crippen LogP contribution in [-0.2, 0) is 13.0 Å². The number of carbonyl (C=O) groups excluding carboxylic acids is 1. The van der Waals surface area contributed by atoms with Crippen LogP contribution in [0.5, 0.6) is 0 Å². The fourth-order valence-corrected chi connectivity index (χ4v) is 4.31. The molecule has 0 saturated carbocycles. The van der Waals surface area contributed by atoms with Gasteiger partial charge in [-0.25, -0.2) is 9.97 Å². The zero-order valence-corrected chi connectivity index (χ0v) is 18.4. The van der Waals surface area contributed by atoms with E-state index < -0.39 is 0 Å². The van der Waals surface area contributed by atoms with Crippen molar-refractivity contribution in [3.05, 3.63) is 75.0 Å². The van der Waals surface area contributed by atoms with E-state index in [0.29, 0.717) is 28.0 Å². The van der Waals surface area contributed by atoms with Gasteiger partial charge in [-0.1, -0.05) is 43.3 Å². The Morgan fingerprint density at radius 2 is 1.81 bits per heavy atom. The van der Waals surface area contributed by atoms with Crippen molar-refractivity contribution in [2.45, 2.75) is 33.7 Å². The zero-order chi connectivity index (χ0) is 22.0. The average molecular weight is 434 g/mol. The summed E-state index contributed by atoms with van der Waals surface area (Å²) in [4.78, 5) is 35.1. The largest absolute Gasteiger partial charge is 0.281 e. The fraction of sp³-hybridized carbons (Fsp3) is 0.217. The molecule has 4 rings (SSSR count). The summed E-state index contributed by atoms with van der Waals surface area (Å²) in [6, 6.07) is 15.3. The SMILES string of the molecule is CCc1ccc(-c2nc(C)c(C(=O)NNc3nc4ccccc4c(=O)n3CC)s2)cc1. The monoisotopic (exact) mass is 433 g/mol. The van der Waals surface area contributed by atoms with E-state index in [0.717, 1.165) is 17.0 Å². The van der Waals surface area contributed by atoms with Gasteiger partial charge in [-0.05, 0) is 38.0 Å². The second-order valence-electron chi connectivity index (χ2n) is 7.07. The number of hydrogen-bond donors (Lipinski definition) is 2. The van der Waals surface area contributed by atoms with Crippen molar-refractivity contribution in [3.8, 4) is 10.6 Å². The predicted octanol–water partition coefficient (Wildman–Crippen LogP) is 4.17. The molecule has 2 aromatic heterocycles. The minimum Gasteiger partial charge on any atom is -0.277 e. The molecule has 1 amide bonds. The summed E-state index contributed by atoms with van der Waals surface area (Å²) >= 11 is 1.33. The summed E-state index contributed by atoms with van der Waals surface area (Å²) in [5.41, 5.74) is 8.78. The lowest BCUT2D eigenvalue weighted by atomic mass is 10.1. The number of fused-ring (bicyclic) bond motifs is 1. The lowest BCUT2D eigenvalue weighted by molar-refractivity contribution is 0.0965. The van der Waals surface area contributed by atoms with Crippen LogP contribution in [0.3, 0.4) is 0 Å². The Labute approximate surface area is 183 Å². The van der Waals surface area contributed by atoms with Gasteiger partial charge in [-0.15, -0.1) is 11.3 Å². The Bertz CT molecular complexity index is 1310. The molecule has 31 heavy (non-hydrogen) atoms. The van der Waals surface area contributed by atoms with Crippen molar-refractivity contribution in [3.63, 3.8) is 0 Å². The Morgan fingerprint density at radius 1 is 1.06 bits per heavy atom. The number of rotatable bonds is 6. The van der Waals surface area contributed by atoms with Crippen molar-refractivity contribution in [2.24, 2.45) is 0 Å². The van der Waals surface area contributed by atoms with Crippen LogP contribution in [0.15, 0.2) is 53.3 Å². The maximum absolute atomic E-state index is 12.8. The Morgan fingerprint density at radius 3 is 2.52 bits per heavy atom. The number of aryl methyl sites for hydroxylation is 2. The van der Waals surface area contributed by atoms with Gasteiger partial charge in [0.2, 0.25) is 5.95 Å². The molecule has 2 heterocycles. The van der Waals surface area contributed by atoms with Gasteiger partial charge in [0.15, 0.2) is 0 Å². The minimum absolute atomic E-state index is 0.156. The number of benzene rings is 2. The van der Waals surface area contributed by atoms with Crippen LogP contribution in [0.1, 0.15) is 34.8 Å². The van der Waals surface area contributed by atoms with E-state index in [1.54, 1.807) is 18.2 Å². The quantitative estimate of drug-likeness (QED) is 0.446. The number of carbonyl (C=O) groups is 1. The average Bonchev–Trinajstić information content (AvgIpc) is 3.19. The van der Waals surface area contributed by atoms with E-state index in [2.05, 4.69) is 39.9 Å². The summed E-state index contributed by atoms with van der Waals surface area (Å²) in [5, 5.41) is 1.33. The molecule has 0 spiro atoms. The van der Waals surface area contributed by atoms with Crippen LogP contribution >= 0.6 is 11.3 Å². The highest BCUT2D eigenvalue weighted by Crippen LogP contribution is 2.28. The molecule has 0 saturated heterocycles. The fourth-order valence-electron chi connectivity index (χ4n) is 3.34. The first-order valence-corrected chi connectivity index (χ1v) is 11.0. The van der Waals surface area contributed by atoms with Crippen LogP contribution in [0.2, 0.25) is 0 Å². The second kappa shape index (κ2) is 8.69. The van der Waals surface area contributed by atoms with Gasteiger partial charge in [0.05, 0.1) is 16.6 Å². The number of thiazole rings is 1. The number of aromatic nitrogens is 3. The molecule has 0 unspecified atom stereocenters. The van der Waals surface area contributed by atoms with Gasteiger partial charge in [-0.2, -0.15) is 0 Å². The van der Waals surface area contributed by atoms with E-state index in [-0.39, 0.29) is 17.4 Å². The van der Waals surface area contributed by atoms with Crippen molar-refractivity contribution in [1.82, 2.24) is 20.0 Å². The maximum atomic E-state index is 12.8. The molecule has 0 fully saturated rings. The van der Waals surface area contributed by atoms with Crippen molar-refractivity contribution < 1.29 is 4.79 Å². The standard InChI is InChI=1S/C23H23N5O2S/c1-4-15-10-12-16(13-11-15)21-24-14(3)19(31-21)20(29)26-27-23-25-18-9-7-6-8-17(18)22(30)28(23)5-2/h6-13H,4-5H2,1-3H3,(H,25,27)(H,26,29). The van der Waals surface area contributed by atoms with Crippen LogP contribution in [0.4, 0.5) is 5.95 Å². The number of hydrogen-bond acceptors (Lipinski definition) is 6. The normalized spacial score (nSPS) is 10.9. The third-order valence-electron chi connectivity index (χ3n) is 5.08. The number of nitrogens with one attached hydrogen (secondary N) is 2. The summed E-state index contributed by atoms with van der Waals surface area (Å²) in [6.07, 6.45) is 0.974. The van der Waals surface area contributed by atoms with Gasteiger partial charge in [-0.3, -0.25) is 25.0 Å². The molecule has 2 N–H and O–H groups in total. The first-order chi connectivity index (χ1) is 15.0. The third-order valence-corrected chi connectivity index (χ3v) is 6.28. The van der Waals surface area contributed by atoms with Gasteiger partial charge in [0, 0.05) is 12.1 Å². The van der Waals surface area contributed by atoms with Crippen LogP contribution < -0.4 is 16.4 Å². The van der Waals surface area contributed by atoms with Crippen molar-refractivity contribution in [2.75, 3.05) is 5.43 Å². The molecule has 2 aromatic carbocycles. The smallest absolute Gasteiger partial charge is 0.277 e. The molecule has 0 aliphatic carbocycles. The first kappa shape index (κ1) is 20.7. The first-order valence-electron chi connectivity index (χ1n) is 10.1. The third kappa shape index (κ3) is 4.06. The zero-order valence-electron chi connectivity index (χ0n) is 17.6. The van der Waals surface area contributed by atoms with Gasteiger partial charge in [0.25, 0.3) is 11.5 Å².